The number of benzene rings is 1. The molecule has 0 aliphatic heterocycles. The van der Waals surface area contributed by atoms with E-state index >= 15 is 0 Å². The van der Waals surface area contributed by atoms with E-state index in [1.54, 1.807) is 6.20 Å². The fourth-order valence-electron chi connectivity index (χ4n) is 0.916. The van der Waals surface area contributed by atoms with Gasteiger partial charge in [0.1, 0.15) is 5.76 Å². The Morgan fingerprint density at radius 1 is 1.23 bits per heavy atom. The molecule has 0 aliphatic carbocycles. The van der Waals surface area contributed by atoms with Gasteiger partial charge in [0.05, 0.1) is 6.20 Å². The van der Waals surface area contributed by atoms with E-state index in [9.17, 15) is 0 Å². The van der Waals surface area contributed by atoms with E-state index in [0.717, 1.165) is 11.3 Å². The Kier molecular flexibility index (Phi) is 4.95. The van der Waals surface area contributed by atoms with Crippen LogP contribution in [-0.4, -0.2) is 5.16 Å². The molecule has 0 saturated heterocycles. The van der Waals surface area contributed by atoms with E-state index in [2.05, 4.69) is 24.8 Å². The first-order valence-corrected chi connectivity index (χ1v) is 10.6. The van der Waals surface area contributed by atoms with Crippen molar-refractivity contribution < 1.29 is 20.9 Å². The van der Waals surface area contributed by atoms with Crippen LogP contribution in [0.2, 0.25) is 0 Å². The largest absolute Gasteiger partial charge is 0.359 e. The van der Waals surface area contributed by atoms with E-state index in [0.29, 0.717) is 0 Å². The summed E-state index contributed by atoms with van der Waals surface area (Å²) in [4.78, 5) is 0. The molecule has 0 amide bonds. The molecule has 2 rings (SSSR count). The summed E-state index contributed by atoms with van der Waals surface area (Å²) in [5.41, 5.74) is 1.03. The molecule has 13 heavy (non-hydrogen) atoms. The Morgan fingerprint density at radius 2 is 1.92 bits per heavy atom. The van der Waals surface area contributed by atoms with Crippen molar-refractivity contribution >= 4 is 13.6 Å². The Balaban J connectivity index is 0.000000396. The Labute approximate surface area is 93.4 Å². The smallest absolute Gasteiger partial charge is 0.142 e. The number of nitrogens with zero attached hydrogens (tertiary/aromatic N) is 1. The van der Waals surface area contributed by atoms with Crippen LogP contribution in [0.4, 0.5) is 0 Å². The number of halogens is 1. The summed E-state index contributed by atoms with van der Waals surface area (Å²) in [6, 6.07) is 12.3. The molecule has 62 valence electrons. The zero-order valence-corrected chi connectivity index (χ0v) is 11.5. The monoisotopic (exact) mass is 287 g/mol. The first kappa shape index (κ1) is 10.6. The Morgan fingerprint density at radius 3 is 2.46 bits per heavy atom. The molecule has 0 radical (unpaired) electrons. The molecular weight excluding hydrogens is 283 g/mol. The zero-order chi connectivity index (χ0) is 9.52. The molecule has 0 atom stereocenters. The average molecular weight is 289 g/mol. The van der Waals surface area contributed by atoms with E-state index in [1.807, 2.05) is 30.3 Å². The summed E-state index contributed by atoms with van der Waals surface area (Å²) >= 11 is 4.25. The van der Waals surface area contributed by atoms with Crippen molar-refractivity contribution in [3.8, 4) is 11.3 Å². The predicted octanol–water partition coefficient (Wildman–Crippen LogP) is 2.98. The summed E-state index contributed by atoms with van der Waals surface area (Å²) in [5, 5.41) is 3.61. The van der Waals surface area contributed by atoms with Crippen molar-refractivity contribution in [1.29, 1.82) is 0 Å². The maximum atomic E-state index is 4.96. The normalized spacial score (nSPS) is 8.85. The number of hydrogen-bond acceptors (Lipinski definition) is 2. The van der Waals surface area contributed by atoms with Crippen LogP contribution in [0.15, 0.2) is 41.1 Å². The van der Waals surface area contributed by atoms with Crippen LogP contribution in [0, 0.1) is 6.07 Å². The minimum atomic E-state index is 0.791. The third-order valence-electron chi connectivity index (χ3n) is 1.44. The van der Waals surface area contributed by atoms with Crippen molar-refractivity contribution in [2.75, 3.05) is 0 Å². The quantitative estimate of drug-likeness (QED) is 0.596. The van der Waals surface area contributed by atoms with Gasteiger partial charge >= 0.3 is 30.0 Å². The van der Waals surface area contributed by atoms with E-state index in [-0.39, 0.29) is 0 Å². The van der Waals surface area contributed by atoms with Crippen LogP contribution in [0.1, 0.15) is 0 Å². The van der Waals surface area contributed by atoms with Gasteiger partial charge in [-0.05, 0) is 0 Å². The molecule has 2 aromatic rings. The van der Waals surface area contributed by atoms with Crippen LogP contribution >= 0.6 is 13.6 Å². The Hall–Kier alpha value is -0.467. The summed E-state index contributed by atoms with van der Waals surface area (Å²) in [7, 11) is 0. The minimum Gasteiger partial charge on any atom is -0.359 e. The van der Waals surface area contributed by atoms with Gasteiger partial charge in [0, 0.05) is 6.07 Å². The van der Waals surface area contributed by atoms with Gasteiger partial charge in [-0.3, -0.25) is 0 Å². The molecule has 0 N–H and O–H groups in total. The van der Waals surface area contributed by atoms with Crippen molar-refractivity contribution in [3.05, 3.63) is 42.6 Å². The van der Waals surface area contributed by atoms with Gasteiger partial charge in [-0.2, -0.15) is 30.3 Å². The van der Waals surface area contributed by atoms with Gasteiger partial charge in [-0.15, -0.1) is 0 Å². The van der Waals surface area contributed by atoms with Gasteiger partial charge in [-0.1, -0.05) is 10.7 Å². The van der Waals surface area contributed by atoms with Crippen LogP contribution < -0.4 is 0 Å². The average Bonchev–Trinajstić information content (AvgIpc) is 2.75. The number of aromatic nitrogens is 1. The maximum Gasteiger partial charge on any atom is 0.142 e. The third-order valence-corrected chi connectivity index (χ3v) is 1.44. The Bertz CT molecular complexity index is 323. The van der Waals surface area contributed by atoms with Gasteiger partial charge in [0.15, 0.2) is 0 Å². The van der Waals surface area contributed by atoms with E-state index < -0.39 is 0 Å². The van der Waals surface area contributed by atoms with Crippen LogP contribution in [0.25, 0.3) is 11.3 Å². The van der Waals surface area contributed by atoms with Crippen molar-refractivity contribution in [3.63, 3.8) is 0 Å². The first-order valence-electron chi connectivity index (χ1n) is 3.61. The van der Waals surface area contributed by atoms with Gasteiger partial charge in [0.25, 0.3) is 0 Å². The third kappa shape index (κ3) is 3.05. The molecule has 0 bridgehead atoms. The van der Waals surface area contributed by atoms with Crippen molar-refractivity contribution in [1.82, 2.24) is 5.16 Å². The van der Waals surface area contributed by atoms with Crippen LogP contribution in [-0.2, 0) is 16.3 Å². The molecule has 0 fully saturated rings. The molecular formula is C9H6BrNOZn. The standard InChI is InChI=1S/C9H6NO.BrH.Zn/c1-2-4-8(5-3-1)9-6-7-10-11-9;;/h2-7H;1H;/q-1;;+2/p-1. The fraction of sp³-hybridized carbons (Fsp3) is 0. The molecule has 0 saturated carbocycles. The number of hydrogen-bond donors (Lipinski definition) is 0. The first-order chi connectivity index (χ1) is 6.47. The topological polar surface area (TPSA) is 26.0 Å². The molecule has 0 aliphatic rings. The maximum absolute atomic E-state index is 4.96. The van der Waals surface area contributed by atoms with Crippen LogP contribution in [0.3, 0.4) is 0 Å². The summed E-state index contributed by atoms with van der Waals surface area (Å²) in [6.07, 6.45) is 1.63. The zero-order valence-electron chi connectivity index (χ0n) is 6.90. The minimum absolute atomic E-state index is 0.791. The van der Waals surface area contributed by atoms with E-state index in [4.69, 9.17) is 4.52 Å². The molecule has 4 heteroatoms. The van der Waals surface area contributed by atoms with Gasteiger partial charge in [0.2, 0.25) is 0 Å². The van der Waals surface area contributed by atoms with Crippen molar-refractivity contribution in [2.24, 2.45) is 0 Å². The molecule has 0 spiro atoms. The predicted molar refractivity (Wildman–Crippen MR) is 49.7 cm³/mol. The number of rotatable bonds is 1. The molecule has 1 heterocycles. The molecule has 2 nitrogen and oxygen atoms in total. The fourth-order valence-corrected chi connectivity index (χ4v) is 0.916. The molecule has 1 aromatic carbocycles. The summed E-state index contributed by atoms with van der Waals surface area (Å²) in [6.45, 7) is 0. The summed E-state index contributed by atoms with van der Waals surface area (Å²) < 4.78 is 4.96. The van der Waals surface area contributed by atoms with Gasteiger partial charge in [-0.25, -0.2) is 0 Å². The van der Waals surface area contributed by atoms with Crippen molar-refractivity contribution in [2.45, 2.75) is 0 Å². The van der Waals surface area contributed by atoms with E-state index in [1.165, 1.54) is 16.3 Å². The second kappa shape index (κ2) is 6.06. The van der Waals surface area contributed by atoms with Crippen LogP contribution in [0.5, 0.6) is 0 Å². The molecule has 1 aromatic heterocycles. The molecule has 0 unspecified atom stereocenters. The SMILES string of the molecule is [Zn+][Br].[c-]1ccc(-c2ccno2)cc1. The summed E-state index contributed by atoms with van der Waals surface area (Å²) in [5.74, 6) is 0.791. The van der Waals surface area contributed by atoms with Gasteiger partial charge < -0.3 is 4.52 Å². The second-order valence-corrected chi connectivity index (χ2v) is 2.17. The second-order valence-electron chi connectivity index (χ2n) is 2.17.